The first kappa shape index (κ1) is 18.6. The minimum absolute atomic E-state index is 0. The van der Waals surface area contributed by atoms with Crippen molar-refractivity contribution in [1.82, 2.24) is 20.0 Å². The minimum atomic E-state index is 0. The number of amides is 1. The number of nitrogens with zero attached hydrogens (tertiary/aromatic N) is 3. The van der Waals surface area contributed by atoms with Crippen molar-refractivity contribution in [2.24, 2.45) is 11.3 Å². The third-order valence-electron chi connectivity index (χ3n) is 5.69. The quantitative estimate of drug-likeness (QED) is 0.879. The van der Waals surface area contributed by atoms with Gasteiger partial charge in [0, 0.05) is 31.4 Å². The van der Waals surface area contributed by atoms with E-state index in [1.807, 2.05) is 23.1 Å². The topological polar surface area (TPSA) is 50.2 Å². The number of halogens is 2. The van der Waals surface area contributed by atoms with Gasteiger partial charge in [-0.05, 0) is 56.7 Å². The largest absolute Gasteiger partial charge is 0.340 e. The number of likely N-dealkylation sites (tertiary alicyclic amines) is 1. The van der Waals surface area contributed by atoms with Gasteiger partial charge < -0.3 is 10.2 Å². The molecule has 1 N–H and O–H groups in total. The van der Waals surface area contributed by atoms with Gasteiger partial charge in [0.25, 0.3) is 0 Å². The molecule has 1 amide bonds. The lowest BCUT2D eigenvalue weighted by Gasteiger charge is -2.34. The van der Waals surface area contributed by atoms with Gasteiger partial charge in [-0.15, -0.1) is 24.8 Å². The average Bonchev–Trinajstić information content (AvgIpc) is 2.99. The lowest BCUT2D eigenvalue weighted by Crippen LogP contribution is -2.43. The molecular formula is C16H26Cl2N4O. The van der Waals surface area contributed by atoms with Crippen LogP contribution in [-0.4, -0.2) is 46.8 Å². The van der Waals surface area contributed by atoms with Crippen molar-refractivity contribution in [3.05, 3.63) is 18.5 Å². The summed E-state index contributed by atoms with van der Waals surface area (Å²) in [4.78, 5) is 14.9. The summed E-state index contributed by atoms with van der Waals surface area (Å²) in [7, 11) is 0. The molecule has 1 aromatic rings. The summed E-state index contributed by atoms with van der Waals surface area (Å²) in [5.74, 6) is 0.713. The van der Waals surface area contributed by atoms with Gasteiger partial charge >= 0.3 is 0 Å². The Morgan fingerprint density at radius 2 is 2.04 bits per heavy atom. The molecule has 1 aliphatic carbocycles. The standard InChI is InChI=1S/C16H24N4O.2ClH/c21-15(14-11-16(14)4-7-17-8-5-16)19-9-1-3-13(12-19)20-10-2-6-18-20;;/h2,6,10,13-14,17H,1,3-5,7-9,11-12H2;2*1H. The molecule has 3 heterocycles. The number of carbonyl (C=O) groups is 1. The van der Waals surface area contributed by atoms with Gasteiger partial charge in [0.2, 0.25) is 5.91 Å². The summed E-state index contributed by atoms with van der Waals surface area (Å²) in [6.07, 6.45) is 9.55. The van der Waals surface area contributed by atoms with E-state index in [-0.39, 0.29) is 24.8 Å². The predicted molar refractivity (Wildman–Crippen MR) is 94.2 cm³/mol. The minimum Gasteiger partial charge on any atom is -0.340 e. The van der Waals surface area contributed by atoms with E-state index in [4.69, 9.17) is 0 Å². The number of hydrogen-bond acceptors (Lipinski definition) is 3. The van der Waals surface area contributed by atoms with Crippen LogP contribution in [0.2, 0.25) is 0 Å². The van der Waals surface area contributed by atoms with Crippen molar-refractivity contribution in [1.29, 1.82) is 0 Å². The maximum absolute atomic E-state index is 12.8. The second-order valence-corrected chi connectivity index (χ2v) is 6.94. The average molecular weight is 361 g/mol. The summed E-state index contributed by atoms with van der Waals surface area (Å²) in [6.45, 7) is 3.94. The molecule has 7 heteroatoms. The second-order valence-electron chi connectivity index (χ2n) is 6.94. The van der Waals surface area contributed by atoms with Gasteiger partial charge in [0.05, 0.1) is 6.04 Å². The molecule has 3 aliphatic rings. The van der Waals surface area contributed by atoms with Gasteiger partial charge in [0.1, 0.15) is 0 Å². The van der Waals surface area contributed by atoms with E-state index in [9.17, 15) is 4.79 Å². The molecule has 2 atom stereocenters. The third kappa shape index (κ3) is 3.52. The first-order valence-corrected chi connectivity index (χ1v) is 8.27. The van der Waals surface area contributed by atoms with Crippen LogP contribution in [0.15, 0.2) is 18.5 Å². The first-order valence-electron chi connectivity index (χ1n) is 8.27. The number of rotatable bonds is 2. The molecule has 0 radical (unpaired) electrons. The molecule has 2 unspecified atom stereocenters. The van der Waals surface area contributed by atoms with Gasteiger partial charge in [-0.3, -0.25) is 9.48 Å². The SMILES string of the molecule is Cl.Cl.O=C(C1CC12CCNCC2)N1CCCC(n2cccn2)C1. The number of piperidine rings is 2. The van der Waals surface area contributed by atoms with E-state index in [0.717, 1.165) is 45.4 Å². The van der Waals surface area contributed by atoms with Gasteiger partial charge in [-0.2, -0.15) is 5.10 Å². The van der Waals surface area contributed by atoms with Crippen molar-refractivity contribution in [3.8, 4) is 0 Å². The highest BCUT2D eigenvalue weighted by Crippen LogP contribution is 2.59. The van der Waals surface area contributed by atoms with Gasteiger partial charge in [-0.25, -0.2) is 0 Å². The molecule has 130 valence electrons. The summed E-state index contributed by atoms with van der Waals surface area (Å²) in [5, 5.41) is 7.76. The summed E-state index contributed by atoms with van der Waals surface area (Å²) < 4.78 is 2.02. The van der Waals surface area contributed by atoms with Crippen LogP contribution in [0.3, 0.4) is 0 Å². The van der Waals surface area contributed by atoms with E-state index in [0.29, 0.717) is 23.3 Å². The molecule has 1 spiro atoms. The predicted octanol–water partition coefficient (Wildman–Crippen LogP) is 2.28. The second kappa shape index (κ2) is 7.41. The van der Waals surface area contributed by atoms with Crippen LogP contribution in [0.25, 0.3) is 0 Å². The highest BCUT2D eigenvalue weighted by Gasteiger charge is 2.58. The smallest absolute Gasteiger partial charge is 0.226 e. The van der Waals surface area contributed by atoms with Crippen LogP contribution in [0.1, 0.15) is 38.1 Å². The van der Waals surface area contributed by atoms with Crippen LogP contribution >= 0.6 is 24.8 Å². The number of hydrogen-bond donors (Lipinski definition) is 1. The number of aromatic nitrogens is 2. The summed E-state index contributed by atoms with van der Waals surface area (Å²) in [5.41, 5.74) is 0.348. The molecule has 2 aliphatic heterocycles. The fourth-order valence-corrected chi connectivity index (χ4v) is 4.26. The number of nitrogens with one attached hydrogen (secondary N) is 1. The first-order chi connectivity index (χ1) is 10.3. The fraction of sp³-hybridized carbons (Fsp3) is 0.750. The van der Waals surface area contributed by atoms with E-state index >= 15 is 0 Å². The van der Waals surface area contributed by atoms with E-state index in [1.54, 1.807) is 0 Å². The van der Waals surface area contributed by atoms with Gasteiger partial charge in [-0.1, -0.05) is 0 Å². The van der Waals surface area contributed by atoms with Crippen LogP contribution in [-0.2, 0) is 4.79 Å². The van der Waals surface area contributed by atoms with Crippen molar-refractivity contribution in [2.75, 3.05) is 26.2 Å². The molecule has 2 saturated heterocycles. The molecule has 1 aromatic heterocycles. The lowest BCUT2D eigenvalue weighted by atomic mass is 9.91. The van der Waals surface area contributed by atoms with Gasteiger partial charge in [0.15, 0.2) is 0 Å². The zero-order chi connectivity index (χ0) is 14.3. The molecule has 0 aromatic carbocycles. The molecule has 1 saturated carbocycles. The Morgan fingerprint density at radius 3 is 2.74 bits per heavy atom. The summed E-state index contributed by atoms with van der Waals surface area (Å²) >= 11 is 0. The zero-order valence-corrected chi connectivity index (χ0v) is 15.0. The maximum Gasteiger partial charge on any atom is 0.226 e. The molecule has 3 fully saturated rings. The molecule has 5 nitrogen and oxygen atoms in total. The van der Waals surface area contributed by atoms with Crippen molar-refractivity contribution < 1.29 is 4.79 Å². The van der Waals surface area contributed by atoms with E-state index in [2.05, 4.69) is 15.3 Å². The lowest BCUT2D eigenvalue weighted by molar-refractivity contribution is -0.135. The zero-order valence-electron chi connectivity index (χ0n) is 13.3. The van der Waals surface area contributed by atoms with Crippen LogP contribution in [0, 0.1) is 11.3 Å². The maximum atomic E-state index is 12.8. The monoisotopic (exact) mass is 360 g/mol. The molecule has 0 bridgehead atoms. The van der Waals surface area contributed by atoms with E-state index < -0.39 is 0 Å². The fourth-order valence-electron chi connectivity index (χ4n) is 4.26. The third-order valence-corrected chi connectivity index (χ3v) is 5.69. The van der Waals surface area contributed by atoms with E-state index in [1.165, 1.54) is 12.8 Å². The molecular weight excluding hydrogens is 335 g/mol. The Hall–Kier alpha value is -0.780. The van der Waals surface area contributed by atoms with Crippen molar-refractivity contribution >= 4 is 30.7 Å². The Bertz CT molecular complexity index is 516. The van der Waals surface area contributed by atoms with Crippen LogP contribution in [0.5, 0.6) is 0 Å². The Morgan fingerprint density at radius 1 is 1.26 bits per heavy atom. The highest BCUT2D eigenvalue weighted by atomic mass is 35.5. The Labute approximate surface area is 150 Å². The number of carbonyl (C=O) groups excluding carboxylic acids is 1. The van der Waals surface area contributed by atoms with Crippen molar-refractivity contribution in [2.45, 2.75) is 38.1 Å². The Kier molecular flexibility index (Phi) is 5.98. The van der Waals surface area contributed by atoms with Crippen molar-refractivity contribution in [3.63, 3.8) is 0 Å². The molecule has 23 heavy (non-hydrogen) atoms. The highest BCUT2D eigenvalue weighted by molar-refractivity contribution is 5.85. The van der Waals surface area contributed by atoms with Crippen LogP contribution in [0.4, 0.5) is 0 Å². The molecule has 4 rings (SSSR count). The normalized spacial score (nSPS) is 28.6. The van der Waals surface area contributed by atoms with Crippen LogP contribution < -0.4 is 5.32 Å². The summed E-state index contributed by atoms with van der Waals surface area (Å²) in [6, 6.07) is 2.33. The Balaban J connectivity index is 0.000000960.